The Morgan fingerprint density at radius 3 is 2.43 bits per heavy atom. The first-order valence-electron chi connectivity index (χ1n) is 5.39. The van der Waals surface area contributed by atoms with Gasteiger partial charge in [-0.15, -0.1) is 0 Å². The lowest BCUT2D eigenvalue weighted by molar-refractivity contribution is 0.215. The first kappa shape index (κ1) is 11.1. The third kappa shape index (κ3) is 2.53. The highest BCUT2D eigenvalue weighted by molar-refractivity contribution is 5.77. The van der Waals surface area contributed by atoms with E-state index < -0.39 is 0 Å². The molecule has 3 N–H and O–H groups in total. The molecule has 1 fully saturated rings. The number of hydrogen-bond acceptors (Lipinski definition) is 2. The Morgan fingerprint density at radius 2 is 2.00 bits per heavy atom. The van der Waals surface area contributed by atoms with Crippen LogP contribution in [0.3, 0.4) is 0 Å². The molecule has 0 aromatic rings. The molecule has 1 aliphatic rings. The molecular weight excluding hydrogens is 178 g/mol. The van der Waals surface area contributed by atoms with Crippen LogP contribution < -0.4 is 5.73 Å². The van der Waals surface area contributed by atoms with E-state index in [1.807, 2.05) is 11.9 Å². The van der Waals surface area contributed by atoms with Crippen molar-refractivity contribution in [1.82, 2.24) is 4.90 Å². The molecule has 0 heterocycles. The normalized spacial score (nSPS) is 28.9. The maximum Gasteiger partial charge on any atom is 0.233 e. The van der Waals surface area contributed by atoms with Gasteiger partial charge in [-0.1, -0.05) is 18.5 Å². The molecule has 4 heteroatoms. The number of nitrogens with zero attached hydrogens (tertiary/aromatic N) is 2. The summed E-state index contributed by atoms with van der Waals surface area (Å²) in [6.07, 6.45) is 6.13. The van der Waals surface area contributed by atoms with Gasteiger partial charge in [0.25, 0.3) is 0 Å². The molecule has 0 amide bonds. The van der Waals surface area contributed by atoms with E-state index in [1.54, 1.807) is 0 Å². The van der Waals surface area contributed by atoms with Gasteiger partial charge in [0.15, 0.2) is 0 Å². The van der Waals surface area contributed by atoms with Crippen molar-refractivity contribution in [2.45, 2.75) is 45.1 Å². The summed E-state index contributed by atoms with van der Waals surface area (Å²) in [7, 11) is 1.89. The molecule has 4 nitrogen and oxygen atoms in total. The lowest BCUT2D eigenvalue weighted by Crippen LogP contribution is -2.43. The summed E-state index contributed by atoms with van der Waals surface area (Å²) in [5, 5.41) is 11.6. The molecule has 0 aliphatic heterocycles. The summed E-state index contributed by atoms with van der Waals surface area (Å²) in [4.78, 5) is 1.88. The van der Waals surface area contributed by atoms with Gasteiger partial charge >= 0.3 is 0 Å². The van der Waals surface area contributed by atoms with Crippen molar-refractivity contribution in [2.24, 2.45) is 16.8 Å². The summed E-state index contributed by atoms with van der Waals surface area (Å²) in [6.45, 7) is 2.25. The topological polar surface area (TPSA) is 61.8 Å². The highest BCUT2D eigenvalue weighted by Crippen LogP contribution is 2.28. The summed E-state index contributed by atoms with van der Waals surface area (Å²) in [6, 6.07) is 0.452. The molecular formula is C10H21N3O. The number of oxime groups is 1. The predicted octanol–water partition coefficient (Wildman–Crippen LogP) is 1.59. The third-order valence-corrected chi connectivity index (χ3v) is 3.41. The highest BCUT2D eigenvalue weighted by atomic mass is 16.4. The van der Waals surface area contributed by atoms with Gasteiger partial charge in [-0.05, 0) is 31.6 Å². The third-order valence-electron chi connectivity index (χ3n) is 3.41. The summed E-state index contributed by atoms with van der Waals surface area (Å²) in [5.41, 5.74) is 5.54. The zero-order valence-electron chi connectivity index (χ0n) is 9.11. The smallest absolute Gasteiger partial charge is 0.233 e. The van der Waals surface area contributed by atoms with Crippen molar-refractivity contribution in [3.05, 3.63) is 0 Å². The SMILES string of the molecule is CCC1CCC(N(C)/C(N)=N/O)CC1. The molecule has 1 aliphatic carbocycles. The molecule has 0 atom stereocenters. The van der Waals surface area contributed by atoms with Gasteiger partial charge in [0.05, 0.1) is 0 Å². The van der Waals surface area contributed by atoms with E-state index in [0.717, 1.165) is 18.8 Å². The zero-order chi connectivity index (χ0) is 10.6. The van der Waals surface area contributed by atoms with Gasteiger partial charge in [0.1, 0.15) is 0 Å². The lowest BCUT2D eigenvalue weighted by Gasteiger charge is -2.34. The molecule has 14 heavy (non-hydrogen) atoms. The Balaban J connectivity index is 2.41. The number of guanidine groups is 1. The number of nitrogens with two attached hydrogens (primary N) is 1. The Hall–Kier alpha value is -0.930. The van der Waals surface area contributed by atoms with Crippen LogP contribution in [0, 0.1) is 5.92 Å². The van der Waals surface area contributed by atoms with Gasteiger partial charge in [-0.2, -0.15) is 0 Å². The van der Waals surface area contributed by atoms with Crippen LogP contribution in [-0.4, -0.2) is 29.2 Å². The van der Waals surface area contributed by atoms with Gasteiger partial charge in [0, 0.05) is 13.1 Å². The lowest BCUT2D eigenvalue weighted by atomic mass is 9.84. The summed E-state index contributed by atoms with van der Waals surface area (Å²) >= 11 is 0. The number of rotatable bonds is 2. The van der Waals surface area contributed by atoms with Gasteiger partial charge in [0.2, 0.25) is 5.96 Å². The predicted molar refractivity (Wildman–Crippen MR) is 57.2 cm³/mol. The Kier molecular flexibility index (Phi) is 4.04. The fourth-order valence-electron chi connectivity index (χ4n) is 2.20. The van der Waals surface area contributed by atoms with Crippen LogP contribution in [0.25, 0.3) is 0 Å². The fraction of sp³-hybridized carbons (Fsp3) is 0.900. The van der Waals surface area contributed by atoms with Crippen LogP contribution in [-0.2, 0) is 0 Å². The summed E-state index contributed by atoms with van der Waals surface area (Å²) < 4.78 is 0. The molecule has 0 aromatic heterocycles. The minimum absolute atomic E-state index is 0.227. The molecule has 0 spiro atoms. The first-order valence-corrected chi connectivity index (χ1v) is 5.39. The second-order valence-corrected chi connectivity index (χ2v) is 4.15. The van der Waals surface area contributed by atoms with Crippen LogP contribution in [0.2, 0.25) is 0 Å². The molecule has 0 aromatic carbocycles. The van der Waals surface area contributed by atoms with Crippen LogP contribution in [0.1, 0.15) is 39.0 Å². The van der Waals surface area contributed by atoms with Crippen LogP contribution in [0.4, 0.5) is 0 Å². The molecule has 0 radical (unpaired) electrons. The van der Waals surface area contributed by atoms with Gasteiger partial charge < -0.3 is 15.8 Å². The van der Waals surface area contributed by atoms with Gasteiger partial charge in [-0.3, -0.25) is 0 Å². The van der Waals surface area contributed by atoms with E-state index in [-0.39, 0.29) is 5.96 Å². The molecule has 1 rings (SSSR count). The van der Waals surface area contributed by atoms with Gasteiger partial charge in [-0.25, -0.2) is 0 Å². The quantitative estimate of drug-likeness (QED) is 0.307. The van der Waals surface area contributed by atoms with E-state index in [2.05, 4.69) is 12.1 Å². The fourth-order valence-corrected chi connectivity index (χ4v) is 2.20. The average Bonchev–Trinajstić information content (AvgIpc) is 2.27. The molecule has 1 saturated carbocycles. The van der Waals surface area contributed by atoms with Crippen LogP contribution >= 0.6 is 0 Å². The van der Waals surface area contributed by atoms with Crippen LogP contribution in [0.15, 0.2) is 5.16 Å². The Labute approximate surface area is 85.8 Å². The minimum Gasteiger partial charge on any atom is -0.408 e. The van der Waals surface area contributed by atoms with Crippen molar-refractivity contribution in [3.8, 4) is 0 Å². The van der Waals surface area contributed by atoms with Crippen molar-refractivity contribution < 1.29 is 5.21 Å². The van der Waals surface area contributed by atoms with Crippen molar-refractivity contribution in [2.75, 3.05) is 7.05 Å². The van der Waals surface area contributed by atoms with E-state index in [9.17, 15) is 0 Å². The summed E-state index contributed by atoms with van der Waals surface area (Å²) in [5.74, 6) is 1.11. The average molecular weight is 199 g/mol. The van der Waals surface area contributed by atoms with E-state index in [0.29, 0.717) is 6.04 Å². The largest absolute Gasteiger partial charge is 0.408 e. The zero-order valence-corrected chi connectivity index (χ0v) is 9.11. The Morgan fingerprint density at radius 1 is 1.43 bits per heavy atom. The van der Waals surface area contributed by atoms with E-state index in [1.165, 1.54) is 19.3 Å². The van der Waals surface area contributed by atoms with Crippen molar-refractivity contribution >= 4 is 5.96 Å². The minimum atomic E-state index is 0.227. The monoisotopic (exact) mass is 199 g/mol. The number of hydrogen-bond donors (Lipinski definition) is 2. The Bertz CT molecular complexity index is 198. The molecule has 0 unspecified atom stereocenters. The second kappa shape index (κ2) is 5.08. The molecule has 0 bridgehead atoms. The second-order valence-electron chi connectivity index (χ2n) is 4.15. The maximum absolute atomic E-state index is 8.56. The van der Waals surface area contributed by atoms with Crippen molar-refractivity contribution in [3.63, 3.8) is 0 Å². The first-order chi connectivity index (χ1) is 6.69. The standard InChI is InChI=1S/C10H21N3O/c1-3-8-4-6-9(7-5-8)13(2)10(11)12-14/h8-9,14H,3-7H2,1-2H3,(H2,11,12). The van der Waals surface area contributed by atoms with E-state index >= 15 is 0 Å². The highest BCUT2D eigenvalue weighted by Gasteiger charge is 2.23. The van der Waals surface area contributed by atoms with Crippen LogP contribution in [0.5, 0.6) is 0 Å². The van der Waals surface area contributed by atoms with E-state index in [4.69, 9.17) is 10.9 Å². The van der Waals surface area contributed by atoms with Crippen molar-refractivity contribution in [1.29, 1.82) is 0 Å². The maximum atomic E-state index is 8.56. The molecule has 82 valence electrons. The molecule has 0 saturated heterocycles.